The molecule has 2 nitrogen and oxygen atoms in total. The van der Waals surface area contributed by atoms with Crippen molar-refractivity contribution in [2.45, 2.75) is 26.6 Å². The molecule has 0 aliphatic carbocycles. The fraction of sp³-hybridized carbons (Fsp3) is 0.571. The van der Waals surface area contributed by atoms with Gasteiger partial charge in [0.15, 0.2) is 0 Å². The summed E-state index contributed by atoms with van der Waals surface area (Å²) < 4.78 is 6.61. The lowest BCUT2D eigenvalue weighted by Gasteiger charge is -2.23. The number of rotatable bonds is 7. The lowest BCUT2D eigenvalue weighted by Crippen LogP contribution is -2.29. The summed E-state index contributed by atoms with van der Waals surface area (Å²) in [6.45, 7) is 5.34. The van der Waals surface area contributed by atoms with Crippen LogP contribution in [-0.4, -0.2) is 22.2 Å². The maximum Gasteiger partial charge on any atom is 0.0717 e. The van der Waals surface area contributed by atoms with Gasteiger partial charge in [-0.2, -0.15) is 0 Å². The van der Waals surface area contributed by atoms with Crippen LogP contribution in [-0.2, 0) is 11.3 Å². The first-order valence-electron chi connectivity index (χ1n) is 6.00. The Morgan fingerprint density at radius 1 is 1.18 bits per heavy atom. The summed E-state index contributed by atoms with van der Waals surface area (Å²) in [6, 6.07) is 10.1. The Morgan fingerprint density at radius 2 is 1.82 bits per heavy atom. The van der Waals surface area contributed by atoms with Crippen LogP contribution >= 0.6 is 22.6 Å². The molecule has 1 aromatic carbocycles. The molecule has 0 saturated carbocycles. The molecule has 1 N–H and O–H groups in total. The van der Waals surface area contributed by atoms with Gasteiger partial charge in [-0.3, -0.25) is 0 Å². The molecule has 0 spiro atoms. The second-order valence-electron chi connectivity index (χ2n) is 4.60. The largest absolute Gasteiger partial charge is 0.392 e. The highest BCUT2D eigenvalue weighted by atomic mass is 127. The van der Waals surface area contributed by atoms with Gasteiger partial charge < -0.3 is 9.84 Å². The van der Waals surface area contributed by atoms with Crippen LogP contribution in [0.3, 0.4) is 0 Å². The fourth-order valence-corrected chi connectivity index (χ4v) is 2.21. The Hall–Kier alpha value is -0.130. The number of aliphatic hydroxyl groups excluding tert-OH is 1. The summed E-state index contributed by atoms with van der Waals surface area (Å²) >= 11 is 2.31. The third kappa shape index (κ3) is 5.36. The molecular formula is C14H21IO2. The zero-order valence-corrected chi connectivity index (χ0v) is 12.6. The van der Waals surface area contributed by atoms with E-state index in [1.807, 2.05) is 25.1 Å². The average Bonchev–Trinajstić information content (AvgIpc) is 2.38. The minimum atomic E-state index is -0.275. The SMILES string of the molecule is C[C@H](CI)[C@H](O)[C@H](C)COCc1ccccc1. The molecule has 1 aromatic rings. The van der Waals surface area contributed by atoms with Crippen molar-refractivity contribution in [1.82, 2.24) is 0 Å². The first-order valence-corrected chi connectivity index (χ1v) is 7.53. The number of hydrogen-bond acceptors (Lipinski definition) is 2. The molecule has 0 bridgehead atoms. The molecule has 0 aliphatic heterocycles. The van der Waals surface area contributed by atoms with Gasteiger partial charge in [-0.15, -0.1) is 0 Å². The topological polar surface area (TPSA) is 29.5 Å². The van der Waals surface area contributed by atoms with E-state index in [2.05, 4.69) is 41.6 Å². The van der Waals surface area contributed by atoms with Gasteiger partial charge in [0.05, 0.1) is 19.3 Å². The molecule has 0 saturated heterocycles. The van der Waals surface area contributed by atoms with Crippen LogP contribution in [0.25, 0.3) is 0 Å². The lowest BCUT2D eigenvalue weighted by atomic mass is 9.96. The Kier molecular flexibility index (Phi) is 7.08. The van der Waals surface area contributed by atoms with Crippen molar-refractivity contribution in [3.8, 4) is 0 Å². The number of halogens is 1. The van der Waals surface area contributed by atoms with Gasteiger partial charge in [0, 0.05) is 10.3 Å². The Balaban J connectivity index is 2.27. The highest BCUT2D eigenvalue weighted by molar-refractivity contribution is 14.1. The molecule has 0 amide bonds. The minimum absolute atomic E-state index is 0.184. The summed E-state index contributed by atoms with van der Waals surface area (Å²) in [4.78, 5) is 0. The number of alkyl halides is 1. The van der Waals surface area contributed by atoms with Gasteiger partial charge in [0.1, 0.15) is 0 Å². The van der Waals surface area contributed by atoms with E-state index < -0.39 is 0 Å². The molecule has 96 valence electrons. The van der Waals surface area contributed by atoms with Crippen molar-refractivity contribution in [1.29, 1.82) is 0 Å². The smallest absolute Gasteiger partial charge is 0.0717 e. The summed E-state index contributed by atoms with van der Waals surface area (Å²) in [5.74, 6) is 0.509. The molecule has 17 heavy (non-hydrogen) atoms. The van der Waals surface area contributed by atoms with Crippen LogP contribution < -0.4 is 0 Å². The number of aliphatic hydroxyl groups is 1. The highest BCUT2D eigenvalue weighted by Gasteiger charge is 2.20. The van der Waals surface area contributed by atoms with Crippen molar-refractivity contribution in [3.63, 3.8) is 0 Å². The molecule has 0 fully saturated rings. The quantitative estimate of drug-likeness (QED) is 0.605. The maximum absolute atomic E-state index is 10.00. The zero-order chi connectivity index (χ0) is 12.7. The van der Waals surface area contributed by atoms with Crippen LogP contribution in [0.1, 0.15) is 19.4 Å². The van der Waals surface area contributed by atoms with Crippen molar-refractivity contribution in [2.75, 3.05) is 11.0 Å². The van der Waals surface area contributed by atoms with Gasteiger partial charge >= 0.3 is 0 Å². The third-order valence-corrected chi connectivity index (χ3v) is 4.29. The monoisotopic (exact) mass is 348 g/mol. The molecule has 1 rings (SSSR count). The van der Waals surface area contributed by atoms with Crippen LogP contribution in [0.5, 0.6) is 0 Å². The molecule has 0 unspecified atom stereocenters. The normalized spacial score (nSPS) is 16.5. The molecule has 0 heterocycles. The van der Waals surface area contributed by atoms with Crippen molar-refractivity contribution >= 4 is 22.6 Å². The standard InChI is InChI=1S/C14H21IO2/c1-11(8-15)14(16)12(2)9-17-10-13-6-4-3-5-7-13/h3-7,11-12,14,16H,8-10H2,1-2H3/t11-,12-,14+/m1/s1. The summed E-state index contributed by atoms with van der Waals surface area (Å²) in [7, 11) is 0. The maximum atomic E-state index is 10.00. The lowest BCUT2D eigenvalue weighted by molar-refractivity contribution is 0.00940. The van der Waals surface area contributed by atoms with Gasteiger partial charge in [-0.25, -0.2) is 0 Å². The predicted molar refractivity (Wildman–Crippen MR) is 79.3 cm³/mol. The van der Waals surface area contributed by atoms with E-state index in [0.717, 1.165) is 4.43 Å². The molecule has 0 aliphatic rings. The van der Waals surface area contributed by atoms with Gasteiger partial charge in [-0.05, 0) is 11.5 Å². The summed E-state index contributed by atoms with van der Waals surface area (Å²) in [5, 5.41) is 10.00. The van der Waals surface area contributed by atoms with E-state index >= 15 is 0 Å². The van der Waals surface area contributed by atoms with Gasteiger partial charge in [-0.1, -0.05) is 66.8 Å². The molecule has 0 aromatic heterocycles. The van der Waals surface area contributed by atoms with E-state index in [1.54, 1.807) is 0 Å². The molecule has 3 heteroatoms. The molecule has 0 radical (unpaired) electrons. The van der Waals surface area contributed by atoms with Crippen LogP contribution in [0.15, 0.2) is 30.3 Å². The van der Waals surface area contributed by atoms with Crippen LogP contribution in [0, 0.1) is 11.8 Å². The zero-order valence-electron chi connectivity index (χ0n) is 10.5. The average molecular weight is 348 g/mol. The minimum Gasteiger partial charge on any atom is -0.392 e. The predicted octanol–water partition coefficient (Wildman–Crippen LogP) is 3.27. The van der Waals surface area contributed by atoms with Crippen molar-refractivity contribution in [2.24, 2.45) is 11.8 Å². The van der Waals surface area contributed by atoms with Gasteiger partial charge in [0.2, 0.25) is 0 Å². The van der Waals surface area contributed by atoms with Crippen molar-refractivity contribution < 1.29 is 9.84 Å². The van der Waals surface area contributed by atoms with E-state index in [-0.39, 0.29) is 12.0 Å². The molecular weight excluding hydrogens is 327 g/mol. The van der Waals surface area contributed by atoms with E-state index in [9.17, 15) is 5.11 Å². The summed E-state index contributed by atoms with van der Waals surface area (Å²) in [5.41, 5.74) is 1.18. The Labute approximate surface area is 118 Å². The Bertz CT molecular complexity index is 302. The number of ether oxygens (including phenoxy) is 1. The first-order chi connectivity index (χ1) is 8.15. The van der Waals surface area contributed by atoms with E-state index in [1.165, 1.54) is 5.56 Å². The second-order valence-corrected chi connectivity index (χ2v) is 5.48. The van der Waals surface area contributed by atoms with E-state index in [0.29, 0.717) is 19.1 Å². The highest BCUT2D eigenvalue weighted by Crippen LogP contribution is 2.16. The fourth-order valence-electron chi connectivity index (χ4n) is 1.69. The van der Waals surface area contributed by atoms with Crippen LogP contribution in [0.4, 0.5) is 0 Å². The second kappa shape index (κ2) is 8.06. The van der Waals surface area contributed by atoms with Crippen LogP contribution in [0.2, 0.25) is 0 Å². The van der Waals surface area contributed by atoms with Crippen molar-refractivity contribution in [3.05, 3.63) is 35.9 Å². The number of hydrogen-bond donors (Lipinski definition) is 1. The summed E-state index contributed by atoms with van der Waals surface area (Å²) in [6.07, 6.45) is -0.275. The first kappa shape index (κ1) is 14.9. The Morgan fingerprint density at radius 3 is 2.41 bits per heavy atom. The van der Waals surface area contributed by atoms with E-state index in [4.69, 9.17) is 4.74 Å². The molecule has 3 atom stereocenters. The number of benzene rings is 1. The third-order valence-electron chi connectivity index (χ3n) is 2.90. The van der Waals surface area contributed by atoms with Gasteiger partial charge in [0.25, 0.3) is 0 Å².